The molecule has 0 saturated carbocycles. The number of benzene rings is 1. The van der Waals surface area contributed by atoms with Crippen molar-refractivity contribution in [2.75, 3.05) is 5.73 Å². The third-order valence-corrected chi connectivity index (χ3v) is 5.29. The minimum Gasteiger partial charge on any atom is -0.375 e. The zero-order valence-electron chi connectivity index (χ0n) is 13.7. The molecule has 0 bridgehead atoms. The molecule has 1 aliphatic heterocycles. The fourth-order valence-electron chi connectivity index (χ4n) is 3.03. The van der Waals surface area contributed by atoms with E-state index in [-0.39, 0.29) is 11.8 Å². The first-order valence-electron chi connectivity index (χ1n) is 8.01. The van der Waals surface area contributed by atoms with Crippen LogP contribution in [0.5, 0.6) is 0 Å². The van der Waals surface area contributed by atoms with Gasteiger partial charge in [0.2, 0.25) is 5.91 Å². The second kappa shape index (κ2) is 6.25. The lowest BCUT2D eigenvalue weighted by atomic mass is 9.96. The predicted molar refractivity (Wildman–Crippen MR) is 97.0 cm³/mol. The number of nitrogens with two attached hydrogens (primary N) is 1. The van der Waals surface area contributed by atoms with E-state index in [4.69, 9.17) is 5.73 Å². The average Bonchev–Trinajstić information content (AvgIpc) is 2.91. The van der Waals surface area contributed by atoms with Crippen molar-refractivity contribution >= 4 is 22.4 Å². The van der Waals surface area contributed by atoms with Gasteiger partial charge in [-0.15, -0.1) is 11.3 Å². The van der Waals surface area contributed by atoms with Crippen molar-refractivity contribution in [2.24, 2.45) is 0 Å². The molecule has 1 amide bonds. The zero-order valence-corrected chi connectivity index (χ0v) is 14.5. The SMILES string of the molecule is Cc1cccc(-c2ncc([C@@H]3CC(=O)NCc4nc(N)sc43)cn2)c1. The van der Waals surface area contributed by atoms with Crippen LogP contribution in [0, 0.1) is 6.92 Å². The van der Waals surface area contributed by atoms with Gasteiger partial charge in [-0.25, -0.2) is 15.0 Å². The number of nitrogen functional groups attached to an aromatic ring is 1. The van der Waals surface area contributed by atoms with E-state index < -0.39 is 0 Å². The fourth-order valence-corrected chi connectivity index (χ4v) is 4.01. The summed E-state index contributed by atoms with van der Waals surface area (Å²) in [6, 6.07) is 8.07. The van der Waals surface area contributed by atoms with Crippen molar-refractivity contribution in [3.63, 3.8) is 0 Å². The highest BCUT2D eigenvalue weighted by Gasteiger charge is 2.28. The van der Waals surface area contributed by atoms with E-state index in [1.807, 2.05) is 25.1 Å². The zero-order chi connectivity index (χ0) is 17.4. The lowest BCUT2D eigenvalue weighted by Crippen LogP contribution is -2.21. The molecule has 3 N–H and O–H groups in total. The summed E-state index contributed by atoms with van der Waals surface area (Å²) in [6.45, 7) is 2.46. The van der Waals surface area contributed by atoms with Gasteiger partial charge in [0.25, 0.3) is 0 Å². The van der Waals surface area contributed by atoms with Gasteiger partial charge in [-0.1, -0.05) is 23.8 Å². The van der Waals surface area contributed by atoms with Crippen LogP contribution in [-0.4, -0.2) is 20.9 Å². The van der Waals surface area contributed by atoms with Crippen LogP contribution in [0.15, 0.2) is 36.7 Å². The maximum absolute atomic E-state index is 12.0. The number of rotatable bonds is 2. The highest BCUT2D eigenvalue weighted by Crippen LogP contribution is 2.37. The molecule has 0 saturated heterocycles. The largest absolute Gasteiger partial charge is 0.375 e. The Morgan fingerprint density at radius 3 is 2.84 bits per heavy atom. The van der Waals surface area contributed by atoms with Gasteiger partial charge < -0.3 is 11.1 Å². The van der Waals surface area contributed by atoms with Crippen LogP contribution in [-0.2, 0) is 11.3 Å². The highest BCUT2D eigenvalue weighted by atomic mass is 32.1. The molecule has 6 nitrogen and oxygen atoms in total. The Morgan fingerprint density at radius 1 is 1.28 bits per heavy atom. The van der Waals surface area contributed by atoms with Gasteiger partial charge in [-0.3, -0.25) is 4.79 Å². The molecule has 0 aliphatic carbocycles. The molecule has 7 heteroatoms. The molecule has 3 aromatic rings. The van der Waals surface area contributed by atoms with Crippen molar-refractivity contribution < 1.29 is 4.79 Å². The second-order valence-corrected chi connectivity index (χ2v) is 7.17. The number of carbonyl (C=O) groups excluding carboxylic acids is 1. The standard InChI is InChI=1S/C18H17N5OS/c1-10-3-2-4-11(5-10)17-21-7-12(8-22-17)13-6-15(24)20-9-14-16(13)25-18(19)23-14/h2-5,7-8,13H,6,9H2,1H3,(H2,19,23)(H,20,24)/t13-/m0/s1. The van der Waals surface area contributed by atoms with E-state index in [9.17, 15) is 4.79 Å². The molecule has 0 spiro atoms. The molecule has 1 aromatic carbocycles. The minimum atomic E-state index is -0.112. The Kier molecular flexibility index (Phi) is 3.93. The number of thiazole rings is 1. The molecule has 0 radical (unpaired) electrons. The lowest BCUT2D eigenvalue weighted by Gasteiger charge is -2.13. The van der Waals surface area contributed by atoms with Gasteiger partial charge in [0.15, 0.2) is 11.0 Å². The summed E-state index contributed by atoms with van der Waals surface area (Å²) in [5.41, 5.74) is 9.74. The monoisotopic (exact) mass is 351 g/mol. The number of carbonyl (C=O) groups is 1. The van der Waals surface area contributed by atoms with E-state index in [1.165, 1.54) is 11.3 Å². The maximum Gasteiger partial charge on any atom is 0.221 e. The van der Waals surface area contributed by atoms with Crippen LogP contribution < -0.4 is 11.1 Å². The van der Waals surface area contributed by atoms with E-state index in [0.29, 0.717) is 23.9 Å². The van der Waals surface area contributed by atoms with Crippen LogP contribution >= 0.6 is 11.3 Å². The summed E-state index contributed by atoms with van der Waals surface area (Å²) in [5, 5.41) is 3.38. The van der Waals surface area contributed by atoms with Crippen molar-refractivity contribution in [2.45, 2.75) is 25.8 Å². The summed E-state index contributed by atoms with van der Waals surface area (Å²) in [7, 11) is 0. The topological polar surface area (TPSA) is 93.8 Å². The molecular weight excluding hydrogens is 334 g/mol. The second-order valence-electron chi connectivity index (χ2n) is 6.11. The summed E-state index contributed by atoms with van der Waals surface area (Å²) < 4.78 is 0. The van der Waals surface area contributed by atoms with Crippen molar-refractivity contribution in [1.82, 2.24) is 20.3 Å². The quantitative estimate of drug-likeness (QED) is 0.740. The Balaban J connectivity index is 1.70. The van der Waals surface area contributed by atoms with Gasteiger partial charge in [-0.05, 0) is 18.6 Å². The molecule has 25 heavy (non-hydrogen) atoms. The smallest absolute Gasteiger partial charge is 0.221 e. The number of anilines is 1. The molecule has 0 unspecified atom stereocenters. The number of amides is 1. The molecular formula is C18H17N5OS. The van der Waals surface area contributed by atoms with E-state index >= 15 is 0 Å². The van der Waals surface area contributed by atoms with Crippen LogP contribution in [0.25, 0.3) is 11.4 Å². The van der Waals surface area contributed by atoms with E-state index in [2.05, 4.69) is 26.3 Å². The number of hydrogen-bond donors (Lipinski definition) is 2. The van der Waals surface area contributed by atoms with Crippen molar-refractivity contribution in [3.8, 4) is 11.4 Å². The molecule has 2 aromatic heterocycles. The first-order valence-corrected chi connectivity index (χ1v) is 8.82. The van der Waals surface area contributed by atoms with Crippen molar-refractivity contribution in [3.05, 3.63) is 58.4 Å². The molecule has 3 heterocycles. The predicted octanol–water partition coefficient (Wildman–Crippen LogP) is 2.64. The molecule has 126 valence electrons. The van der Waals surface area contributed by atoms with E-state index in [0.717, 1.165) is 27.3 Å². The van der Waals surface area contributed by atoms with Gasteiger partial charge in [-0.2, -0.15) is 0 Å². The molecule has 1 atom stereocenters. The molecule has 4 rings (SSSR count). The van der Waals surface area contributed by atoms with Crippen LogP contribution in [0.4, 0.5) is 5.13 Å². The number of aromatic nitrogens is 3. The van der Waals surface area contributed by atoms with Crippen LogP contribution in [0.3, 0.4) is 0 Å². The fraction of sp³-hybridized carbons (Fsp3) is 0.222. The van der Waals surface area contributed by atoms with Crippen LogP contribution in [0.1, 0.15) is 34.0 Å². The summed E-state index contributed by atoms with van der Waals surface area (Å²) >= 11 is 1.43. The highest BCUT2D eigenvalue weighted by molar-refractivity contribution is 7.15. The lowest BCUT2D eigenvalue weighted by molar-refractivity contribution is -0.121. The number of nitrogens with one attached hydrogen (secondary N) is 1. The Labute approximate surface area is 149 Å². The van der Waals surface area contributed by atoms with Gasteiger partial charge in [0.05, 0.1) is 12.2 Å². The third-order valence-electron chi connectivity index (χ3n) is 4.25. The summed E-state index contributed by atoms with van der Waals surface area (Å²) in [5.74, 6) is 0.560. The average molecular weight is 351 g/mol. The summed E-state index contributed by atoms with van der Waals surface area (Å²) in [6.07, 6.45) is 3.95. The Bertz CT molecular complexity index is 935. The van der Waals surface area contributed by atoms with E-state index in [1.54, 1.807) is 12.4 Å². The number of hydrogen-bond acceptors (Lipinski definition) is 6. The van der Waals surface area contributed by atoms with Crippen molar-refractivity contribution in [1.29, 1.82) is 0 Å². The first kappa shape index (κ1) is 15.7. The molecule has 0 fully saturated rings. The minimum absolute atomic E-state index is 0.00321. The first-order chi connectivity index (χ1) is 12.1. The third kappa shape index (κ3) is 3.10. The number of fused-ring (bicyclic) bond motifs is 1. The Hall–Kier alpha value is -2.80. The Morgan fingerprint density at radius 2 is 2.08 bits per heavy atom. The number of aryl methyl sites for hydroxylation is 1. The molecule has 1 aliphatic rings. The van der Waals surface area contributed by atoms with Gasteiger partial charge in [0.1, 0.15) is 0 Å². The number of nitrogens with zero attached hydrogens (tertiary/aromatic N) is 3. The van der Waals surface area contributed by atoms with Gasteiger partial charge in [0, 0.05) is 35.2 Å². The van der Waals surface area contributed by atoms with Gasteiger partial charge >= 0.3 is 0 Å². The normalized spacial score (nSPS) is 16.8. The van der Waals surface area contributed by atoms with Crippen LogP contribution in [0.2, 0.25) is 0 Å². The summed E-state index contributed by atoms with van der Waals surface area (Å²) in [4.78, 5) is 26.4. The maximum atomic E-state index is 12.0.